The third-order valence-electron chi connectivity index (χ3n) is 5.05. The molecule has 0 aliphatic carbocycles. The van der Waals surface area contributed by atoms with Crippen LogP contribution in [0.5, 0.6) is 23.0 Å². The molecule has 0 aromatic heterocycles. The van der Waals surface area contributed by atoms with E-state index in [1.807, 2.05) is 0 Å². The van der Waals surface area contributed by atoms with Gasteiger partial charge < -0.3 is 18.9 Å². The first-order valence-electron chi connectivity index (χ1n) is 9.69. The maximum Gasteiger partial charge on any atom is 0.343 e. The van der Waals surface area contributed by atoms with Gasteiger partial charge in [0.1, 0.15) is 17.3 Å². The quantitative estimate of drug-likeness (QED) is 0.320. The minimum atomic E-state index is -0.611. The van der Waals surface area contributed by atoms with E-state index in [4.69, 9.17) is 18.9 Å². The maximum absolute atomic E-state index is 14.0. The van der Waals surface area contributed by atoms with Crippen molar-refractivity contribution >= 4 is 17.8 Å². The third kappa shape index (κ3) is 3.80. The Hall–Kier alpha value is -4.13. The van der Waals surface area contributed by atoms with E-state index in [2.05, 4.69) is 0 Å². The van der Waals surface area contributed by atoms with Crippen molar-refractivity contribution in [2.24, 2.45) is 0 Å². The second-order valence-corrected chi connectivity index (χ2v) is 6.99. The monoisotopic (exact) mass is 434 g/mol. The molecule has 0 saturated carbocycles. The normalized spacial score (nSPS) is 13.5. The fourth-order valence-electron chi connectivity index (χ4n) is 3.33. The number of rotatable bonds is 5. The van der Waals surface area contributed by atoms with E-state index in [1.165, 1.54) is 44.6 Å². The van der Waals surface area contributed by atoms with Crippen LogP contribution in [0.25, 0.3) is 6.08 Å². The average molecular weight is 434 g/mol. The molecule has 0 spiro atoms. The Bertz CT molecular complexity index is 1260. The van der Waals surface area contributed by atoms with Crippen molar-refractivity contribution in [1.82, 2.24) is 0 Å². The summed E-state index contributed by atoms with van der Waals surface area (Å²) in [5, 5.41) is 0. The van der Waals surface area contributed by atoms with E-state index in [1.54, 1.807) is 37.3 Å². The Kier molecular flexibility index (Phi) is 5.64. The van der Waals surface area contributed by atoms with E-state index in [0.29, 0.717) is 22.6 Å². The van der Waals surface area contributed by atoms with Crippen molar-refractivity contribution in [2.45, 2.75) is 6.92 Å². The lowest BCUT2D eigenvalue weighted by atomic mass is 10.1. The molecule has 0 bridgehead atoms. The molecule has 1 heterocycles. The summed E-state index contributed by atoms with van der Waals surface area (Å²) in [5.74, 6) is -0.0586. The van der Waals surface area contributed by atoms with E-state index in [9.17, 15) is 14.0 Å². The zero-order valence-electron chi connectivity index (χ0n) is 17.6. The van der Waals surface area contributed by atoms with Gasteiger partial charge in [0.15, 0.2) is 17.3 Å². The number of esters is 1. The van der Waals surface area contributed by atoms with Gasteiger partial charge in [-0.2, -0.15) is 0 Å². The van der Waals surface area contributed by atoms with Crippen molar-refractivity contribution in [3.8, 4) is 23.0 Å². The molecular weight excluding hydrogens is 415 g/mol. The number of fused-ring (bicyclic) bond motifs is 1. The minimum Gasteiger partial charge on any atom is -0.493 e. The zero-order chi connectivity index (χ0) is 22.8. The molecule has 0 radical (unpaired) electrons. The molecule has 1 aliphatic rings. The molecule has 0 saturated heterocycles. The molecule has 4 rings (SSSR count). The van der Waals surface area contributed by atoms with Crippen LogP contribution in [0.15, 0.2) is 60.4 Å². The average Bonchev–Trinajstić information content (AvgIpc) is 3.12. The number of carbonyl (C=O) groups excluding carboxylic acids is 2. The van der Waals surface area contributed by atoms with Gasteiger partial charge in [0.25, 0.3) is 0 Å². The highest BCUT2D eigenvalue weighted by molar-refractivity contribution is 6.15. The van der Waals surface area contributed by atoms with Crippen LogP contribution in [0, 0.1) is 12.7 Å². The second kappa shape index (κ2) is 8.55. The fraction of sp³-hybridized carbons (Fsp3) is 0.120. The van der Waals surface area contributed by atoms with Crippen LogP contribution in [0.1, 0.15) is 31.8 Å². The lowest BCUT2D eigenvalue weighted by Crippen LogP contribution is -2.10. The Labute approximate surface area is 183 Å². The largest absolute Gasteiger partial charge is 0.493 e. The molecular formula is C25H19FO6. The van der Waals surface area contributed by atoms with E-state index in [0.717, 1.165) is 0 Å². The Morgan fingerprint density at radius 3 is 2.41 bits per heavy atom. The van der Waals surface area contributed by atoms with Crippen LogP contribution >= 0.6 is 0 Å². The predicted molar refractivity (Wildman–Crippen MR) is 115 cm³/mol. The van der Waals surface area contributed by atoms with Gasteiger partial charge in [0.05, 0.1) is 25.3 Å². The first kappa shape index (κ1) is 21.1. The highest BCUT2D eigenvalue weighted by Gasteiger charge is 2.31. The molecule has 162 valence electrons. The molecule has 3 aromatic rings. The molecule has 0 unspecified atom stereocenters. The maximum atomic E-state index is 14.0. The number of carbonyl (C=O) groups is 2. The number of ether oxygens (including phenoxy) is 4. The Morgan fingerprint density at radius 1 is 0.969 bits per heavy atom. The van der Waals surface area contributed by atoms with Crippen molar-refractivity contribution in [1.29, 1.82) is 0 Å². The molecule has 32 heavy (non-hydrogen) atoms. The van der Waals surface area contributed by atoms with Gasteiger partial charge in [-0.05, 0) is 49.4 Å². The molecule has 0 atom stereocenters. The predicted octanol–water partition coefficient (Wildman–Crippen LogP) is 4.99. The lowest BCUT2D eigenvalue weighted by Gasteiger charge is -2.12. The number of Topliss-reactive ketones (excluding diaryl/α,β-unsaturated/α-hetero) is 1. The second-order valence-electron chi connectivity index (χ2n) is 6.99. The Morgan fingerprint density at radius 2 is 1.69 bits per heavy atom. The Balaban J connectivity index is 1.61. The number of methoxy groups -OCH3 is 2. The summed E-state index contributed by atoms with van der Waals surface area (Å²) in [4.78, 5) is 25.4. The highest BCUT2D eigenvalue weighted by atomic mass is 19.1. The topological polar surface area (TPSA) is 71.1 Å². The van der Waals surface area contributed by atoms with Crippen LogP contribution in [0.3, 0.4) is 0 Å². The summed E-state index contributed by atoms with van der Waals surface area (Å²) < 4.78 is 35.6. The van der Waals surface area contributed by atoms with Gasteiger partial charge in [-0.15, -0.1) is 0 Å². The summed E-state index contributed by atoms with van der Waals surface area (Å²) in [6, 6.07) is 13.8. The van der Waals surface area contributed by atoms with Gasteiger partial charge in [-0.3, -0.25) is 4.79 Å². The summed E-state index contributed by atoms with van der Waals surface area (Å²) in [6.45, 7) is 1.68. The summed E-state index contributed by atoms with van der Waals surface area (Å²) in [5.41, 5.74) is 1.29. The molecule has 7 heteroatoms. The molecule has 0 N–H and O–H groups in total. The van der Waals surface area contributed by atoms with Crippen LogP contribution in [-0.4, -0.2) is 26.0 Å². The van der Waals surface area contributed by atoms with Crippen molar-refractivity contribution in [2.75, 3.05) is 14.2 Å². The standard InChI is InChI=1S/C25H19FO6/c1-14-19(32-25(28)16-8-10-20(29-2)21(13-16)30-3)11-9-17-23(27)22(31-24(14)17)12-15-6-4-5-7-18(15)26/h4-13H,1-3H3/b22-12-. The van der Waals surface area contributed by atoms with Gasteiger partial charge >= 0.3 is 5.97 Å². The van der Waals surface area contributed by atoms with Gasteiger partial charge in [0.2, 0.25) is 5.78 Å². The molecule has 3 aromatic carbocycles. The zero-order valence-corrected chi connectivity index (χ0v) is 17.6. The van der Waals surface area contributed by atoms with E-state index < -0.39 is 11.8 Å². The molecule has 6 nitrogen and oxygen atoms in total. The lowest BCUT2D eigenvalue weighted by molar-refractivity contribution is 0.0732. The van der Waals surface area contributed by atoms with Crippen LogP contribution in [0.4, 0.5) is 4.39 Å². The molecule has 0 amide bonds. The van der Waals surface area contributed by atoms with Gasteiger partial charge in [0, 0.05) is 11.1 Å². The van der Waals surface area contributed by atoms with Gasteiger partial charge in [-0.1, -0.05) is 18.2 Å². The first-order chi connectivity index (χ1) is 15.4. The number of hydrogen-bond donors (Lipinski definition) is 0. The fourth-order valence-corrected chi connectivity index (χ4v) is 3.33. The summed E-state index contributed by atoms with van der Waals surface area (Å²) in [6.07, 6.45) is 1.35. The number of halogens is 1. The van der Waals surface area contributed by atoms with E-state index >= 15 is 0 Å². The van der Waals surface area contributed by atoms with Crippen molar-refractivity contribution in [3.63, 3.8) is 0 Å². The number of allylic oxidation sites excluding steroid dienone is 1. The van der Waals surface area contributed by atoms with Crippen LogP contribution < -0.4 is 18.9 Å². The highest BCUT2D eigenvalue weighted by Crippen LogP contribution is 2.39. The third-order valence-corrected chi connectivity index (χ3v) is 5.05. The van der Waals surface area contributed by atoms with Crippen LogP contribution in [-0.2, 0) is 0 Å². The van der Waals surface area contributed by atoms with Crippen molar-refractivity contribution in [3.05, 3.63) is 88.4 Å². The molecule has 1 aliphatic heterocycles. The minimum absolute atomic E-state index is 0.00318. The first-order valence-corrected chi connectivity index (χ1v) is 9.69. The SMILES string of the molecule is COc1ccc(C(=O)Oc2ccc3c(c2C)O/C(=C\c2ccccc2F)C3=O)cc1OC. The van der Waals surface area contributed by atoms with Crippen LogP contribution in [0.2, 0.25) is 0 Å². The number of ketones is 1. The smallest absolute Gasteiger partial charge is 0.343 e. The number of hydrogen-bond acceptors (Lipinski definition) is 6. The summed E-state index contributed by atoms with van der Waals surface area (Å²) in [7, 11) is 2.97. The summed E-state index contributed by atoms with van der Waals surface area (Å²) >= 11 is 0. The number of benzene rings is 3. The van der Waals surface area contributed by atoms with Crippen molar-refractivity contribution < 1.29 is 32.9 Å². The molecule has 0 fully saturated rings. The van der Waals surface area contributed by atoms with Gasteiger partial charge in [-0.25, -0.2) is 9.18 Å². The van der Waals surface area contributed by atoms with E-state index in [-0.39, 0.29) is 34.2 Å².